The Kier molecular flexibility index (Phi) is 5.71. The van der Waals surface area contributed by atoms with Crippen LogP contribution >= 0.6 is 11.6 Å². The maximum absolute atomic E-state index is 13.2. The van der Waals surface area contributed by atoms with Crippen LogP contribution in [0.4, 0.5) is 18.9 Å². The van der Waals surface area contributed by atoms with E-state index in [1.54, 1.807) is 48.5 Å². The lowest BCUT2D eigenvalue weighted by atomic mass is 10.1. The van der Waals surface area contributed by atoms with Crippen molar-refractivity contribution in [3.8, 4) is 11.4 Å². The van der Waals surface area contributed by atoms with Gasteiger partial charge in [-0.15, -0.1) is 0 Å². The maximum atomic E-state index is 13.2. The monoisotopic (exact) mass is 457 g/mol. The number of nitrogens with zero attached hydrogens (tertiary/aromatic N) is 2. The molecule has 4 rings (SSSR count). The molecule has 0 unspecified atom stereocenters. The second-order valence-corrected chi connectivity index (χ2v) is 7.36. The van der Waals surface area contributed by atoms with Gasteiger partial charge >= 0.3 is 6.18 Å². The van der Waals surface area contributed by atoms with Gasteiger partial charge in [0, 0.05) is 11.3 Å². The SMILES string of the molecule is O=C(Cn1c(-c2ccccc2Cl)nc2ccccc2c1=O)Nc1cccc(C(F)(F)F)c1. The number of anilines is 1. The summed E-state index contributed by atoms with van der Waals surface area (Å²) in [6.07, 6.45) is -4.54. The van der Waals surface area contributed by atoms with Crippen LogP contribution in [0.15, 0.2) is 77.6 Å². The summed E-state index contributed by atoms with van der Waals surface area (Å²) in [7, 11) is 0. The van der Waals surface area contributed by atoms with E-state index in [4.69, 9.17) is 11.6 Å². The second kappa shape index (κ2) is 8.47. The van der Waals surface area contributed by atoms with Crippen molar-refractivity contribution in [2.75, 3.05) is 5.32 Å². The highest BCUT2D eigenvalue weighted by molar-refractivity contribution is 6.33. The fourth-order valence-corrected chi connectivity index (χ4v) is 3.50. The summed E-state index contributed by atoms with van der Waals surface area (Å²) in [6, 6.07) is 17.7. The van der Waals surface area contributed by atoms with Crippen molar-refractivity contribution >= 4 is 34.1 Å². The van der Waals surface area contributed by atoms with Crippen molar-refractivity contribution in [3.05, 3.63) is 93.7 Å². The van der Waals surface area contributed by atoms with E-state index in [9.17, 15) is 22.8 Å². The molecule has 0 radical (unpaired) electrons. The molecule has 0 saturated carbocycles. The quantitative estimate of drug-likeness (QED) is 0.448. The van der Waals surface area contributed by atoms with E-state index in [1.165, 1.54) is 12.1 Å². The van der Waals surface area contributed by atoms with Gasteiger partial charge in [0.2, 0.25) is 5.91 Å². The van der Waals surface area contributed by atoms with Gasteiger partial charge in [-0.3, -0.25) is 14.2 Å². The van der Waals surface area contributed by atoms with Crippen LogP contribution in [0.3, 0.4) is 0 Å². The number of rotatable bonds is 4. The summed E-state index contributed by atoms with van der Waals surface area (Å²) in [5.74, 6) is -0.504. The number of benzene rings is 3. The molecule has 1 amide bonds. The highest BCUT2D eigenvalue weighted by Gasteiger charge is 2.30. The maximum Gasteiger partial charge on any atom is 0.416 e. The van der Waals surface area contributed by atoms with Gasteiger partial charge in [-0.05, 0) is 42.5 Å². The number of carbonyl (C=O) groups is 1. The largest absolute Gasteiger partial charge is 0.416 e. The predicted octanol–water partition coefficient (Wildman–Crippen LogP) is 5.37. The highest BCUT2D eigenvalue weighted by atomic mass is 35.5. The highest BCUT2D eigenvalue weighted by Crippen LogP contribution is 2.31. The Hall–Kier alpha value is -3.65. The van der Waals surface area contributed by atoms with Crippen LogP contribution in [0.5, 0.6) is 0 Å². The summed E-state index contributed by atoms with van der Waals surface area (Å²) in [4.78, 5) is 30.4. The summed E-state index contributed by atoms with van der Waals surface area (Å²) >= 11 is 6.30. The first-order chi connectivity index (χ1) is 15.2. The molecule has 0 spiro atoms. The topological polar surface area (TPSA) is 64.0 Å². The van der Waals surface area contributed by atoms with Gasteiger partial charge in [0.25, 0.3) is 5.56 Å². The van der Waals surface area contributed by atoms with Gasteiger partial charge < -0.3 is 5.32 Å². The lowest BCUT2D eigenvalue weighted by molar-refractivity contribution is -0.137. The standard InChI is InChI=1S/C23H15ClF3N3O2/c24-18-10-3-1-8-16(18)21-29-19-11-4-2-9-17(19)22(32)30(21)13-20(31)28-15-7-5-6-14(12-15)23(25,26)27/h1-12H,13H2,(H,28,31). The Morgan fingerprint density at radius 2 is 1.72 bits per heavy atom. The zero-order valence-corrected chi connectivity index (χ0v) is 17.1. The average molecular weight is 458 g/mol. The molecule has 32 heavy (non-hydrogen) atoms. The van der Waals surface area contributed by atoms with E-state index < -0.39 is 29.8 Å². The molecule has 0 aliphatic carbocycles. The zero-order chi connectivity index (χ0) is 22.9. The third kappa shape index (κ3) is 4.36. The third-order valence-electron chi connectivity index (χ3n) is 4.75. The number of para-hydroxylation sites is 1. The average Bonchev–Trinajstić information content (AvgIpc) is 2.76. The number of halogens is 4. The van der Waals surface area contributed by atoms with Crippen LogP contribution in [0.2, 0.25) is 5.02 Å². The van der Waals surface area contributed by atoms with E-state index >= 15 is 0 Å². The van der Waals surface area contributed by atoms with Crippen LogP contribution < -0.4 is 10.9 Å². The fourth-order valence-electron chi connectivity index (χ4n) is 3.28. The van der Waals surface area contributed by atoms with Crippen LogP contribution in [0.25, 0.3) is 22.3 Å². The Morgan fingerprint density at radius 3 is 2.47 bits per heavy atom. The number of fused-ring (bicyclic) bond motifs is 1. The molecule has 1 N–H and O–H groups in total. The summed E-state index contributed by atoms with van der Waals surface area (Å²) in [6.45, 7) is -0.465. The summed E-state index contributed by atoms with van der Waals surface area (Å²) in [5, 5.41) is 3.05. The molecular formula is C23H15ClF3N3O2. The molecule has 0 saturated heterocycles. The van der Waals surface area contributed by atoms with Crippen LogP contribution in [-0.4, -0.2) is 15.5 Å². The number of amides is 1. The van der Waals surface area contributed by atoms with Crippen LogP contribution in [0.1, 0.15) is 5.56 Å². The van der Waals surface area contributed by atoms with Gasteiger partial charge in [-0.25, -0.2) is 4.98 Å². The molecule has 0 aliphatic heterocycles. The third-order valence-corrected chi connectivity index (χ3v) is 5.08. The fraction of sp³-hybridized carbons (Fsp3) is 0.0870. The minimum atomic E-state index is -4.54. The van der Waals surface area contributed by atoms with Gasteiger partial charge in [0.1, 0.15) is 12.4 Å². The molecule has 0 bridgehead atoms. The number of aromatic nitrogens is 2. The van der Waals surface area contributed by atoms with E-state index in [0.29, 0.717) is 21.5 Å². The van der Waals surface area contributed by atoms with Gasteiger partial charge in [0.05, 0.1) is 21.5 Å². The lowest BCUT2D eigenvalue weighted by Crippen LogP contribution is -2.30. The number of alkyl halides is 3. The molecule has 3 aromatic carbocycles. The number of hydrogen-bond acceptors (Lipinski definition) is 3. The van der Waals surface area contributed by atoms with Crippen LogP contribution in [-0.2, 0) is 17.5 Å². The van der Waals surface area contributed by atoms with E-state index in [2.05, 4.69) is 10.3 Å². The molecule has 4 aromatic rings. The summed E-state index contributed by atoms with van der Waals surface area (Å²) in [5.41, 5.74) is -0.516. The van der Waals surface area contributed by atoms with Crippen molar-refractivity contribution in [1.82, 2.24) is 9.55 Å². The number of nitrogens with one attached hydrogen (secondary N) is 1. The first-order valence-electron chi connectivity index (χ1n) is 9.45. The lowest BCUT2D eigenvalue weighted by Gasteiger charge is -2.15. The van der Waals surface area contributed by atoms with Crippen molar-refractivity contribution in [2.24, 2.45) is 0 Å². The Labute approximate surface area is 185 Å². The van der Waals surface area contributed by atoms with Gasteiger partial charge in [-0.1, -0.05) is 41.9 Å². The first-order valence-corrected chi connectivity index (χ1v) is 9.83. The van der Waals surface area contributed by atoms with E-state index in [0.717, 1.165) is 16.7 Å². The predicted molar refractivity (Wildman–Crippen MR) is 117 cm³/mol. The molecule has 1 aromatic heterocycles. The van der Waals surface area contributed by atoms with Crippen molar-refractivity contribution in [3.63, 3.8) is 0 Å². The number of hydrogen-bond donors (Lipinski definition) is 1. The van der Waals surface area contributed by atoms with Crippen molar-refractivity contribution < 1.29 is 18.0 Å². The smallest absolute Gasteiger partial charge is 0.325 e. The first kappa shape index (κ1) is 21.6. The molecule has 0 atom stereocenters. The molecule has 1 heterocycles. The molecule has 0 aliphatic rings. The van der Waals surface area contributed by atoms with Gasteiger partial charge in [0.15, 0.2) is 0 Å². The minimum absolute atomic E-state index is 0.0362. The molecular weight excluding hydrogens is 443 g/mol. The Bertz CT molecular complexity index is 1380. The molecule has 0 fully saturated rings. The zero-order valence-electron chi connectivity index (χ0n) is 16.4. The van der Waals surface area contributed by atoms with E-state index in [-0.39, 0.29) is 11.5 Å². The molecule has 162 valence electrons. The molecule has 5 nitrogen and oxygen atoms in total. The second-order valence-electron chi connectivity index (χ2n) is 6.95. The van der Waals surface area contributed by atoms with Gasteiger partial charge in [-0.2, -0.15) is 13.2 Å². The Morgan fingerprint density at radius 1 is 1.00 bits per heavy atom. The van der Waals surface area contributed by atoms with E-state index in [1.807, 2.05) is 0 Å². The number of carbonyl (C=O) groups excluding carboxylic acids is 1. The van der Waals surface area contributed by atoms with Crippen LogP contribution in [0, 0.1) is 0 Å². The Balaban J connectivity index is 1.75. The molecule has 9 heteroatoms. The minimum Gasteiger partial charge on any atom is -0.325 e. The van der Waals surface area contributed by atoms with Crippen molar-refractivity contribution in [2.45, 2.75) is 12.7 Å². The van der Waals surface area contributed by atoms with Crippen molar-refractivity contribution in [1.29, 1.82) is 0 Å². The summed E-state index contributed by atoms with van der Waals surface area (Å²) < 4.78 is 40.0. The normalized spacial score (nSPS) is 11.5.